The molecule has 1 rings (SSSR count). The van der Waals surface area contributed by atoms with Gasteiger partial charge >= 0.3 is 5.97 Å². The van der Waals surface area contributed by atoms with Gasteiger partial charge in [0.25, 0.3) is 0 Å². The molecule has 0 radical (unpaired) electrons. The van der Waals surface area contributed by atoms with Gasteiger partial charge in [-0.25, -0.2) is 0 Å². The Bertz CT molecular complexity index is 388. The minimum atomic E-state index is -1.04. The van der Waals surface area contributed by atoms with Crippen LogP contribution in [-0.4, -0.2) is 32.1 Å². The first-order valence-corrected chi connectivity index (χ1v) is 7.98. The lowest BCUT2D eigenvalue weighted by molar-refractivity contribution is -0.144. The van der Waals surface area contributed by atoms with Gasteiger partial charge in [0.05, 0.1) is 13.2 Å². The summed E-state index contributed by atoms with van der Waals surface area (Å²) in [5, 5.41) is 3.12. The van der Waals surface area contributed by atoms with Crippen LogP contribution in [0, 0.1) is 0 Å². The zero-order chi connectivity index (χ0) is 14.8. The zero-order valence-electron chi connectivity index (χ0n) is 12.2. The third-order valence-corrected chi connectivity index (χ3v) is 4.06. The number of benzene rings is 1. The summed E-state index contributed by atoms with van der Waals surface area (Å²) in [6.45, 7) is 4.40. The number of hydrogen-bond acceptors (Lipinski definition) is 5. The van der Waals surface area contributed by atoms with Gasteiger partial charge in [0.15, 0.2) is 0 Å². The third-order valence-electron chi connectivity index (χ3n) is 2.45. The Kier molecular flexibility index (Phi) is 8.38. The molecular weight excluding hydrogens is 277 g/mol. The summed E-state index contributed by atoms with van der Waals surface area (Å²) < 4.78 is 15.9. The van der Waals surface area contributed by atoms with Crippen molar-refractivity contribution in [1.29, 1.82) is 0 Å². The topological polar surface area (TPSA) is 56.8 Å². The average molecular weight is 299 g/mol. The highest BCUT2D eigenvalue weighted by atomic mass is 31.2. The molecule has 112 valence electrons. The van der Waals surface area contributed by atoms with E-state index in [2.05, 4.69) is 5.09 Å². The molecule has 6 heteroatoms. The van der Waals surface area contributed by atoms with Crippen molar-refractivity contribution in [2.24, 2.45) is 0 Å². The molecule has 0 aliphatic rings. The molecule has 1 aromatic carbocycles. The molecule has 0 aliphatic heterocycles. The molecule has 0 heterocycles. The van der Waals surface area contributed by atoms with Crippen molar-refractivity contribution < 1.29 is 18.8 Å². The van der Waals surface area contributed by atoms with Crippen molar-refractivity contribution >= 4 is 14.3 Å². The second kappa shape index (κ2) is 9.83. The van der Waals surface area contributed by atoms with Crippen molar-refractivity contribution in [2.75, 3.05) is 20.1 Å². The summed E-state index contributed by atoms with van der Waals surface area (Å²) in [6, 6.07) is 9.47. The number of ether oxygens (including phenoxy) is 2. The van der Waals surface area contributed by atoms with E-state index in [1.165, 1.54) is 0 Å². The van der Waals surface area contributed by atoms with E-state index < -0.39 is 14.3 Å². The van der Waals surface area contributed by atoms with Gasteiger partial charge in [-0.15, -0.1) is 0 Å². The van der Waals surface area contributed by atoms with Crippen LogP contribution in [0.3, 0.4) is 0 Å². The molecule has 0 saturated heterocycles. The quantitative estimate of drug-likeness (QED) is 0.561. The summed E-state index contributed by atoms with van der Waals surface area (Å²) in [7, 11) is 0.569. The van der Waals surface area contributed by atoms with E-state index in [9.17, 15) is 4.79 Å². The van der Waals surface area contributed by atoms with Crippen LogP contribution in [0.2, 0.25) is 0 Å². The maximum atomic E-state index is 11.6. The maximum absolute atomic E-state index is 11.6. The Hall–Kier alpha value is -1.00. The lowest BCUT2D eigenvalue weighted by atomic mass is 10.2. The SMILES string of the molecule is CCOC(=O)C(C)NP(COC)OCc1ccccc1. The molecule has 20 heavy (non-hydrogen) atoms. The van der Waals surface area contributed by atoms with Crippen LogP contribution >= 0.6 is 8.30 Å². The van der Waals surface area contributed by atoms with Crippen molar-refractivity contribution in [3.05, 3.63) is 35.9 Å². The van der Waals surface area contributed by atoms with Crippen molar-refractivity contribution in [1.82, 2.24) is 5.09 Å². The van der Waals surface area contributed by atoms with Crippen molar-refractivity contribution in [2.45, 2.75) is 26.5 Å². The third kappa shape index (κ3) is 6.44. The number of hydrogen-bond donors (Lipinski definition) is 1. The van der Waals surface area contributed by atoms with Gasteiger partial charge in [-0.05, 0) is 19.4 Å². The minimum Gasteiger partial charge on any atom is -0.465 e. The monoisotopic (exact) mass is 299 g/mol. The lowest BCUT2D eigenvalue weighted by Gasteiger charge is -2.21. The smallest absolute Gasteiger partial charge is 0.323 e. The van der Waals surface area contributed by atoms with Crippen LogP contribution < -0.4 is 5.09 Å². The number of methoxy groups -OCH3 is 1. The summed E-state index contributed by atoms with van der Waals surface area (Å²) >= 11 is 0. The molecule has 5 nitrogen and oxygen atoms in total. The highest BCUT2D eigenvalue weighted by Gasteiger charge is 2.19. The molecule has 0 amide bonds. The van der Waals surface area contributed by atoms with E-state index in [-0.39, 0.29) is 5.97 Å². The number of esters is 1. The van der Waals surface area contributed by atoms with Gasteiger partial charge in [-0.3, -0.25) is 9.88 Å². The lowest BCUT2D eigenvalue weighted by Crippen LogP contribution is -2.33. The van der Waals surface area contributed by atoms with Gasteiger partial charge in [0.2, 0.25) is 0 Å². The fourth-order valence-corrected chi connectivity index (χ4v) is 2.79. The van der Waals surface area contributed by atoms with E-state index in [1.807, 2.05) is 30.3 Å². The number of carbonyl (C=O) groups excluding carboxylic acids is 1. The van der Waals surface area contributed by atoms with Crippen molar-refractivity contribution in [3.8, 4) is 0 Å². The first-order valence-electron chi connectivity index (χ1n) is 6.53. The second-order valence-electron chi connectivity index (χ2n) is 4.16. The normalized spacial score (nSPS) is 13.8. The van der Waals surface area contributed by atoms with E-state index in [4.69, 9.17) is 14.0 Å². The van der Waals surface area contributed by atoms with Crippen LogP contribution in [0.15, 0.2) is 30.3 Å². The van der Waals surface area contributed by atoms with Crippen LogP contribution in [-0.2, 0) is 25.4 Å². The predicted molar refractivity (Wildman–Crippen MR) is 79.3 cm³/mol. The Morgan fingerprint density at radius 1 is 1.35 bits per heavy atom. The van der Waals surface area contributed by atoms with Gasteiger partial charge in [-0.2, -0.15) is 0 Å². The Balaban J connectivity index is 2.45. The molecule has 1 N–H and O–H groups in total. The average Bonchev–Trinajstić information content (AvgIpc) is 2.46. The van der Waals surface area contributed by atoms with Crippen LogP contribution in [0.5, 0.6) is 0 Å². The van der Waals surface area contributed by atoms with E-state index in [1.54, 1.807) is 21.0 Å². The standard InChI is InChI=1S/C14H22NO4P/c1-4-18-14(16)12(2)15-20(11-17-3)19-10-13-8-6-5-7-9-13/h5-9,12,15H,4,10-11H2,1-3H3. The minimum absolute atomic E-state index is 0.278. The summed E-state index contributed by atoms with van der Waals surface area (Å²) in [4.78, 5) is 11.6. The Labute approximate surface area is 121 Å². The van der Waals surface area contributed by atoms with Gasteiger partial charge < -0.3 is 14.0 Å². The van der Waals surface area contributed by atoms with E-state index >= 15 is 0 Å². The number of nitrogens with one attached hydrogen (secondary N) is 1. The van der Waals surface area contributed by atoms with Gasteiger partial charge in [-0.1, -0.05) is 30.3 Å². The molecule has 2 atom stereocenters. The fourth-order valence-electron chi connectivity index (χ4n) is 1.49. The molecule has 0 aromatic heterocycles. The molecule has 1 aromatic rings. The summed E-state index contributed by atoms with van der Waals surface area (Å²) in [6.07, 6.45) is 0.423. The summed E-state index contributed by atoms with van der Waals surface area (Å²) in [5.74, 6) is -0.278. The van der Waals surface area contributed by atoms with Gasteiger partial charge in [0.1, 0.15) is 20.7 Å². The Morgan fingerprint density at radius 3 is 2.65 bits per heavy atom. The predicted octanol–water partition coefficient (Wildman–Crippen LogP) is 2.66. The highest BCUT2D eigenvalue weighted by molar-refractivity contribution is 7.50. The maximum Gasteiger partial charge on any atom is 0.323 e. The van der Waals surface area contributed by atoms with Crippen LogP contribution in [0.4, 0.5) is 0 Å². The molecule has 0 fully saturated rings. The van der Waals surface area contributed by atoms with E-state index in [0.717, 1.165) is 5.56 Å². The van der Waals surface area contributed by atoms with E-state index in [0.29, 0.717) is 19.6 Å². The van der Waals surface area contributed by atoms with Crippen LogP contribution in [0.1, 0.15) is 19.4 Å². The molecule has 0 spiro atoms. The Morgan fingerprint density at radius 2 is 2.05 bits per heavy atom. The molecule has 2 unspecified atom stereocenters. The zero-order valence-corrected chi connectivity index (χ0v) is 13.1. The molecular formula is C14H22NO4P. The fraction of sp³-hybridized carbons (Fsp3) is 0.500. The number of rotatable bonds is 9. The van der Waals surface area contributed by atoms with Crippen molar-refractivity contribution in [3.63, 3.8) is 0 Å². The molecule has 0 saturated carbocycles. The molecule has 0 bridgehead atoms. The second-order valence-corrected chi connectivity index (χ2v) is 5.69. The highest BCUT2D eigenvalue weighted by Crippen LogP contribution is 2.33. The first kappa shape index (κ1) is 17.1. The van der Waals surface area contributed by atoms with Gasteiger partial charge in [0, 0.05) is 7.11 Å². The summed E-state index contributed by atoms with van der Waals surface area (Å²) in [5.41, 5.74) is 1.08. The first-order chi connectivity index (χ1) is 9.67. The number of carbonyl (C=O) groups is 1. The largest absolute Gasteiger partial charge is 0.465 e. The molecule has 0 aliphatic carbocycles. The van der Waals surface area contributed by atoms with Crippen LogP contribution in [0.25, 0.3) is 0 Å².